The van der Waals surface area contributed by atoms with Gasteiger partial charge in [-0.25, -0.2) is 0 Å². The van der Waals surface area contributed by atoms with Gasteiger partial charge < -0.3 is 0 Å². The molecular formula is C44H40Cl2F12SiZr. The van der Waals surface area contributed by atoms with Crippen LogP contribution < -0.4 is 0 Å². The topological polar surface area (TPSA) is 0 Å². The standard InChI is InChI=1S/2C21H17F6.C2H6Si.2ClH.Zr/c2*1-3-4-13-5-6-14-7-12(2)8-18(14)19(13)15-9-16(20(22,23)24)11-17(10-15)21(25,26)27;1-3-2;;;/h2*5-11H,3-4H2,1-2H3;1-2H3;2*1H;/q2*-1;;;;+4/p-2. The molecule has 0 fully saturated rings. The van der Waals surface area contributed by atoms with Gasteiger partial charge in [0.25, 0.3) is 0 Å². The Hall–Kier alpha value is -3.06. The monoisotopic (exact) mass is 984 g/mol. The van der Waals surface area contributed by atoms with Crippen molar-refractivity contribution < 1.29 is 73.5 Å². The molecule has 6 aromatic rings. The molecule has 0 saturated carbocycles. The molecule has 322 valence electrons. The van der Waals surface area contributed by atoms with E-state index < -0.39 is 67.8 Å². The van der Waals surface area contributed by atoms with Crippen LogP contribution in [0, 0.1) is 13.8 Å². The van der Waals surface area contributed by atoms with Crippen molar-refractivity contribution in [2.45, 2.75) is 91.2 Å². The summed E-state index contributed by atoms with van der Waals surface area (Å²) >= 11 is -0.826. The van der Waals surface area contributed by atoms with Gasteiger partial charge in [-0.3, -0.25) is 0 Å². The molecule has 0 spiro atoms. The van der Waals surface area contributed by atoms with E-state index in [1.807, 2.05) is 52.0 Å². The van der Waals surface area contributed by atoms with Crippen LogP contribution >= 0.6 is 17.0 Å². The van der Waals surface area contributed by atoms with Gasteiger partial charge in [-0.15, -0.1) is 69.1 Å². The van der Waals surface area contributed by atoms with Crippen molar-refractivity contribution in [2.75, 3.05) is 0 Å². The fraction of sp³-hybridized carbons (Fsp3) is 0.318. The van der Waals surface area contributed by atoms with E-state index in [4.69, 9.17) is 17.0 Å². The zero-order valence-corrected chi connectivity index (χ0v) is 38.2. The molecule has 16 heteroatoms. The van der Waals surface area contributed by atoms with Gasteiger partial charge in [-0.05, 0) is 60.4 Å². The van der Waals surface area contributed by atoms with E-state index in [9.17, 15) is 52.7 Å². The Morgan fingerprint density at radius 1 is 0.500 bits per heavy atom. The van der Waals surface area contributed by atoms with Crippen molar-refractivity contribution in [1.29, 1.82) is 0 Å². The van der Waals surface area contributed by atoms with Crippen LogP contribution in [0.2, 0.25) is 13.1 Å². The molecule has 60 heavy (non-hydrogen) atoms. The summed E-state index contributed by atoms with van der Waals surface area (Å²) in [6, 6.07) is 18.2. The van der Waals surface area contributed by atoms with E-state index in [-0.39, 0.29) is 23.3 Å². The van der Waals surface area contributed by atoms with Crippen LogP contribution in [0.5, 0.6) is 0 Å². The van der Waals surface area contributed by atoms with E-state index in [0.29, 0.717) is 34.7 Å². The van der Waals surface area contributed by atoms with E-state index in [0.717, 1.165) is 79.7 Å². The second kappa shape index (κ2) is 21.3. The third-order valence-electron chi connectivity index (χ3n) is 9.03. The zero-order chi connectivity index (χ0) is 45.4. The number of hydrogen-bond acceptors (Lipinski definition) is 0. The zero-order valence-electron chi connectivity index (χ0n) is 33.2. The third kappa shape index (κ3) is 13.5. The molecule has 0 aromatic heterocycles. The van der Waals surface area contributed by atoms with Crippen molar-refractivity contribution in [3.05, 3.63) is 129 Å². The van der Waals surface area contributed by atoms with Crippen LogP contribution in [0.25, 0.3) is 43.8 Å². The molecule has 0 amide bonds. The van der Waals surface area contributed by atoms with Gasteiger partial charge in [0, 0.05) is 9.52 Å². The van der Waals surface area contributed by atoms with E-state index in [2.05, 4.69) is 13.1 Å². The van der Waals surface area contributed by atoms with E-state index in [1.54, 1.807) is 24.3 Å². The second-order valence-corrected chi connectivity index (χ2v) is 18.7. The van der Waals surface area contributed by atoms with Crippen LogP contribution in [0.3, 0.4) is 0 Å². The van der Waals surface area contributed by atoms with Crippen molar-refractivity contribution in [1.82, 2.24) is 0 Å². The fourth-order valence-corrected chi connectivity index (χ4v) is 6.79. The van der Waals surface area contributed by atoms with Gasteiger partial charge in [0.1, 0.15) is 0 Å². The maximum atomic E-state index is 13.3. The minimum atomic E-state index is -4.86. The van der Waals surface area contributed by atoms with Crippen LogP contribution in [-0.2, 0) is 58.4 Å². The predicted octanol–water partition coefficient (Wildman–Crippen LogP) is 17.2. The molecule has 0 aliphatic heterocycles. The van der Waals surface area contributed by atoms with Gasteiger partial charge >= 0.3 is 62.6 Å². The number of alkyl halides is 12. The van der Waals surface area contributed by atoms with E-state index in [1.165, 1.54) is 0 Å². The second-order valence-electron chi connectivity index (χ2n) is 13.9. The molecule has 0 heterocycles. The Labute approximate surface area is 362 Å². The van der Waals surface area contributed by atoms with Crippen LogP contribution in [0.4, 0.5) is 52.7 Å². The number of aryl methyl sites for hydroxylation is 4. The summed E-state index contributed by atoms with van der Waals surface area (Å²) in [6.07, 6.45) is -16.9. The predicted molar refractivity (Wildman–Crippen MR) is 217 cm³/mol. The average Bonchev–Trinajstić information content (AvgIpc) is 3.71. The SMILES string of the molecule is CCCc1ccc2[cH-]c(C)cc2c1-c1cc(C(F)(F)F)cc(C(F)(F)F)c1.CCCc1ccc2[cH-]c(C)cc2c1-c1cc(C(F)(F)F)cc(C(F)(F)F)c1.C[Si]C.[Cl][Zr+2][Cl]. The number of hydrogen-bond donors (Lipinski definition) is 0. The minimum absolute atomic E-state index is 0.0585. The molecule has 0 aliphatic carbocycles. The first-order valence-corrected chi connectivity index (χ1v) is 26.7. The van der Waals surface area contributed by atoms with Crippen LogP contribution in [-0.4, -0.2) is 9.52 Å². The van der Waals surface area contributed by atoms with Gasteiger partial charge in [0.2, 0.25) is 0 Å². The molecule has 0 bridgehead atoms. The summed E-state index contributed by atoms with van der Waals surface area (Å²) in [5.74, 6) is 0. The van der Waals surface area contributed by atoms with Crippen molar-refractivity contribution in [3.8, 4) is 22.3 Å². The summed E-state index contributed by atoms with van der Waals surface area (Å²) in [6.45, 7) is 11.8. The molecular weight excluding hydrogens is 947 g/mol. The Balaban J connectivity index is 0.000000283. The number of fused-ring (bicyclic) bond motifs is 2. The van der Waals surface area contributed by atoms with Crippen molar-refractivity contribution in [2.24, 2.45) is 0 Å². The van der Waals surface area contributed by atoms with Gasteiger partial charge in [0.05, 0.1) is 22.3 Å². The Morgan fingerprint density at radius 3 is 1.00 bits per heavy atom. The maximum absolute atomic E-state index is 13.3. The molecule has 6 rings (SSSR count). The Morgan fingerprint density at radius 2 is 0.767 bits per heavy atom. The number of benzene rings is 4. The van der Waals surface area contributed by atoms with Gasteiger partial charge in [-0.1, -0.05) is 75.9 Å². The van der Waals surface area contributed by atoms with Crippen LogP contribution in [0.15, 0.2) is 84.9 Å². The molecule has 0 atom stereocenters. The summed E-state index contributed by atoms with van der Waals surface area (Å²) in [4.78, 5) is 0. The molecule has 0 unspecified atom stereocenters. The number of halogens is 14. The summed E-state index contributed by atoms with van der Waals surface area (Å²) in [5.41, 5.74) is -1.13. The van der Waals surface area contributed by atoms with Crippen LogP contribution in [0.1, 0.15) is 71.2 Å². The Kier molecular flexibility index (Phi) is 18.2. The van der Waals surface area contributed by atoms with Crippen molar-refractivity contribution in [3.63, 3.8) is 0 Å². The molecule has 0 nitrogen and oxygen atoms in total. The Bertz CT molecular complexity index is 2100. The first kappa shape index (κ1) is 51.3. The van der Waals surface area contributed by atoms with Crippen molar-refractivity contribution >= 4 is 48.1 Å². The molecule has 6 aromatic carbocycles. The fourth-order valence-electron chi connectivity index (χ4n) is 6.79. The first-order chi connectivity index (χ1) is 27.8. The normalized spacial score (nSPS) is 11.9. The average molecular weight is 987 g/mol. The molecule has 0 aliphatic rings. The molecule has 2 radical (unpaired) electrons. The molecule has 0 N–H and O–H groups in total. The van der Waals surface area contributed by atoms with Gasteiger partial charge in [0.15, 0.2) is 0 Å². The summed E-state index contributed by atoms with van der Waals surface area (Å²) in [7, 11) is 11.0. The third-order valence-corrected chi connectivity index (χ3v) is 9.03. The van der Waals surface area contributed by atoms with E-state index >= 15 is 0 Å². The number of rotatable bonds is 6. The van der Waals surface area contributed by atoms with Gasteiger partial charge in [-0.2, -0.15) is 64.8 Å². The first-order valence-electron chi connectivity index (χ1n) is 18.4. The summed E-state index contributed by atoms with van der Waals surface area (Å²) < 4.78 is 159. The summed E-state index contributed by atoms with van der Waals surface area (Å²) in [5, 5.41) is 2.94. The molecule has 0 saturated heterocycles. The quantitative estimate of drug-likeness (QED) is 0.0886.